The monoisotopic (exact) mass is 273 g/mol. The van der Waals surface area contributed by atoms with Crippen LogP contribution in [0.3, 0.4) is 0 Å². The largest absolute Gasteiger partial charge is 0.383 e. The van der Waals surface area contributed by atoms with Crippen LogP contribution < -0.4 is 16.0 Å². The molecule has 2 aromatic rings. The van der Waals surface area contributed by atoms with Gasteiger partial charge in [-0.3, -0.25) is 0 Å². The van der Waals surface area contributed by atoms with Gasteiger partial charge in [0.1, 0.15) is 5.82 Å². The fraction of sp³-hybridized carbons (Fsp3) is 0.467. The van der Waals surface area contributed by atoms with Crippen LogP contribution in [0, 0.1) is 13.8 Å². The standard InChI is InChI=1S/C15H23N5/c1-10-8-12-13(9-11(10)2)18-15(19-14(12)16)20(4)7-5-6-17-3/h8-9,17H,5-7H2,1-4H3,(H2,16,18,19). The quantitative estimate of drug-likeness (QED) is 0.814. The maximum Gasteiger partial charge on any atom is 0.227 e. The number of rotatable bonds is 5. The van der Waals surface area contributed by atoms with E-state index in [2.05, 4.69) is 41.3 Å². The lowest BCUT2D eigenvalue weighted by Gasteiger charge is -2.18. The Bertz CT molecular complexity index is 609. The molecule has 0 fully saturated rings. The number of nitrogen functional groups attached to an aromatic ring is 1. The zero-order valence-electron chi connectivity index (χ0n) is 12.7. The number of nitrogens with two attached hydrogens (primary N) is 1. The van der Waals surface area contributed by atoms with Gasteiger partial charge in [0, 0.05) is 19.0 Å². The summed E-state index contributed by atoms with van der Waals surface area (Å²) in [5.41, 5.74) is 9.42. The molecule has 108 valence electrons. The number of nitrogens with one attached hydrogen (secondary N) is 1. The Balaban J connectivity index is 2.34. The number of benzene rings is 1. The Labute approximate surface area is 120 Å². The van der Waals surface area contributed by atoms with E-state index in [4.69, 9.17) is 5.73 Å². The van der Waals surface area contributed by atoms with Crippen LogP contribution >= 0.6 is 0 Å². The van der Waals surface area contributed by atoms with E-state index < -0.39 is 0 Å². The molecular formula is C15H23N5. The number of nitrogens with zero attached hydrogens (tertiary/aromatic N) is 3. The van der Waals surface area contributed by atoms with Crippen molar-refractivity contribution in [3.63, 3.8) is 0 Å². The summed E-state index contributed by atoms with van der Waals surface area (Å²) < 4.78 is 0. The summed E-state index contributed by atoms with van der Waals surface area (Å²) in [6.07, 6.45) is 1.04. The highest BCUT2D eigenvalue weighted by Gasteiger charge is 2.10. The van der Waals surface area contributed by atoms with E-state index >= 15 is 0 Å². The predicted molar refractivity (Wildman–Crippen MR) is 85.2 cm³/mol. The van der Waals surface area contributed by atoms with Crippen molar-refractivity contribution >= 4 is 22.7 Å². The van der Waals surface area contributed by atoms with Gasteiger partial charge in [0.15, 0.2) is 0 Å². The fourth-order valence-corrected chi connectivity index (χ4v) is 2.16. The Kier molecular flexibility index (Phi) is 4.39. The summed E-state index contributed by atoms with van der Waals surface area (Å²) in [6, 6.07) is 4.14. The maximum absolute atomic E-state index is 6.08. The molecule has 0 aliphatic carbocycles. The highest BCUT2D eigenvalue weighted by molar-refractivity contribution is 5.90. The zero-order chi connectivity index (χ0) is 14.7. The van der Waals surface area contributed by atoms with Crippen molar-refractivity contribution in [1.29, 1.82) is 0 Å². The molecule has 1 heterocycles. The minimum atomic E-state index is 0.550. The smallest absolute Gasteiger partial charge is 0.227 e. The highest BCUT2D eigenvalue weighted by atomic mass is 15.2. The average Bonchev–Trinajstić information content (AvgIpc) is 2.41. The molecule has 1 aromatic heterocycles. The first kappa shape index (κ1) is 14.5. The second-order valence-electron chi connectivity index (χ2n) is 5.24. The lowest BCUT2D eigenvalue weighted by Crippen LogP contribution is -2.24. The number of hydrogen-bond donors (Lipinski definition) is 2. The Morgan fingerprint density at radius 3 is 2.60 bits per heavy atom. The second kappa shape index (κ2) is 6.05. The lowest BCUT2D eigenvalue weighted by molar-refractivity contribution is 0.705. The van der Waals surface area contributed by atoms with Gasteiger partial charge in [0.05, 0.1) is 5.52 Å². The minimum absolute atomic E-state index is 0.550. The fourth-order valence-electron chi connectivity index (χ4n) is 2.16. The molecule has 0 bridgehead atoms. The zero-order valence-corrected chi connectivity index (χ0v) is 12.7. The van der Waals surface area contributed by atoms with Gasteiger partial charge in [-0.1, -0.05) is 0 Å². The van der Waals surface area contributed by atoms with Crippen molar-refractivity contribution in [1.82, 2.24) is 15.3 Å². The highest BCUT2D eigenvalue weighted by Crippen LogP contribution is 2.24. The van der Waals surface area contributed by atoms with Gasteiger partial charge in [-0.25, -0.2) is 4.98 Å². The normalized spacial score (nSPS) is 11.0. The van der Waals surface area contributed by atoms with Gasteiger partial charge in [-0.2, -0.15) is 4.98 Å². The Hall–Kier alpha value is -1.88. The van der Waals surface area contributed by atoms with E-state index in [9.17, 15) is 0 Å². The summed E-state index contributed by atoms with van der Waals surface area (Å²) in [4.78, 5) is 11.1. The molecule has 0 amide bonds. The topological polar surface area (TPSA) is 67.1 Å². The molecule has 20 heavy (non-hydrogen) atoms. The first-order chi connectivity index (χ1) is 9.52. The molecule has 0 atom stereocenters. The predicted octanol–water partition coefficient (Wildman–Crippen LogP) is 1.87. The number of hydrogen-bond acceptors (Lipinski definition) is 5. The summed E-state index contributed by atoms with van der Waals surface area (Å²) >= 11 is 0. The average molecular weight is 273 g/mol. The van der Waals surface area contributed by atoms with E-state index in [0.717, 1.165) is 30.4 Å². The van der Waals surface area contributed by atoms with Crippen molar-refractivity contribution in [3.8, 4) is 0 Å². The first-order valence-electron chi connectivity index (χ1n) is 6.93. The van der Waals surface area contributed by atoms with Crippen molar-refractivity contribution in [2.75, 3.05) is 37.8 Å². The number of aromatic nitrogens is 2. The van der Waals surface area contributed by atoms with Crippen LogP contribution in [0.15, 0.2) is 12.1 Å². The van der Waals surface area contributed by atoms with Crippen molar-refractivity contribution in [3.05, 3.63) is 23.3 Å². The molecule has 0 radical (unpaired) electrons. The summed E-state index contributed by atoms with van der Waals surface area (Å²) in [6.45, 7) is 6.04. The van der Waals surface area contributed by atoms with Crippen LogP contribution in [0.1, 0.15) is 17.5 Å². The Morgan fingerprint density at radius 1 is 1.20 bits per heavy atom. The third-order valence-corrected chi connectivity index (χ3v) is 3.59. The molecule has 0 saturated heterocycles. The van der Waals surface area contributed by atoms with Crippen LogP contribution in [0.25, 0.3) is 10.9 Å². The SMILES string of the molecule is CNCCCN(C)c1nc(N)c2cc(C)c(C)cc2n1. The van der Waals surface area contributed by atoms with E-state index in [1.54, 1.807) is 0 Å². The molecule has 2 rings (SSSR count). The van der Waals surface area contributed by atoms with Crippen molar-refractivity contribution in [2.24, 2.45) is 0 Å². The van der Waals surface area contributed by atoms with Crippen molar-refractivity contribution < 1.29 is 0 Å². The third kappa shape index (κ3) is 2.99. The minimum Gasteiger partial charge on any atom is -0.383 e. The summed E-state index contributed by atoms with van der Waals surface area (Å²) in [5.74, 6) is 1.24. The van der Waals surface area contributed by atoms with E-state index in [1.165, 1.54) is 11.1 Å². The van der Waals surface area contributed by atoms with Crippen LogP contribution in [0.2, 0.25) is 0 Å². The van der Waals surface area contributed by atoms with Crippen LogP contribution in [-0.2, 0) is 0 Å². The van der Waals surface area contributed by atoms with Crippen LogP contribution in [0.4, 0.5) is 11.8 Å². The number of anilines is 2. The molecule has 0 unspecified atom stereocenters. The van der Waals surface area contributed by atoms with Gasteiger partial charge in [0.25, 0.3) is 0 Å². The van der Waals surface area contributed by atoms with Gasteiger partial charge >= 0.3 is 0 Å². The van der Waals surface area contributed by atoms with Gasteiger partial charge in [-0.15, -0.1) is 0 Å². The molecule has 0 saturated carbocycles. The summed E-state index contributed by atoms with van der Waals surface area (Å²) in [5, 5.41) is 4.07. The maximum atomic E-state index is 6.08. The first-order valence-corrected chi connectivity index (χ1v) is 6.93. The van der Waals surface area contributed by atoms with Gasteiger partial charge in [-0.05, 0) is 57.1 Å². The molecule has 3 N–H and O–H groups in total. The van der Waals surface area contributed by atoms with Crippen LogP contribution in [0.5, 0.6) is 0 Å². The third-order valence-electron chi connectivity index (χ3n) is 3.59. The number of aryl methyl sites for hydroxylation is 2. The van der Waals surface area contributed by atoms with Crippen LogP contribution in [-0.4, -0.2) is 37.2 Å². The van der Waals surface area contributed by atoms with E-state index in [1.807, 2.05) is 19.0 Å². The molecule has 0 spiro atoms. The molecule has 5 nitrogen and oxygen atoms in total. The molecular weight excluding hydrogens is 250 g/mol. The molecule has 1 aromatic carbocycles. The summed E-state index contributed by atoms with van der Waals surface area (Å²) in [7, 11) is 3.95. The molecule has 0 aliphatic heterocycles. The van der Waals surface area contributed by atoms with Gasteiger partial charge in [0.2, 0.25) is 5.95 Å². The van der Waals surface area contributed by atoms with Gasteiger partial charge < -0.3 is 16.0 Å². The van der Waals surface area contributed by atoms with E-state index in [-0.39, 0.29) is 0 Å². The molecule has 0 aliphatic rings. The van der Waals surface area contributed by atoms with E-state index in [0.29, 0.717) is 11.8 Å². The number of fused-ring (bicyclic) bond motifs is 1. The Morgan fingerprint density at radius 2 is 1.90 bits per heavy atom. The van der Waals surface area contributed by atoms with Crippen molar-refractivity contribution in [2.45, 2.75) is 20.3 Å². The lowest BCUT2D eigenvalue weighted by atomic mass is 10.1. The molecule has 5 heteroatoms. The second-order valence-corrected chi connectivity index (χ2v) is 5.24.